The average molecular weight is 221 g/mol. The van der Waals surface area contributed by atoms with Crippen molar-refractivity contribution in [3.63, 3.8) is 0 Å². The van der Waals surface area contributed by atoms with Gasteiger partial charge in [-0.3, -0.25) is 4.79 Å². The van der Waals surface area contributed by atoms with Crippen molar-refractivity contribution in [1.82, 2.24) is 0 Å². The van der Waals surface area contributed by atoms with Gasteiger partial charge >= 0.3 is 0 Å². The molecule has 1 aromatic rings. The van der Waals surface area contributed by atoms with E-state index in [-0.39, 0.29) is 6.42 Å². The number of rotatable bonds is 5. The summed E-state index contributed by atoms with van der Waals surface area (Å²) in [6.45, 7) is 3.61. The molecule has 0 aliphatic heterocycles. The zero-order chi connectivity index (χ0) is 12.1. The van der Waals surface area contributed by atoms with Gasteiger partial charge in [0, 0.05) is 0 Å². The second kappa shape index (κ2) is 5.44. The SMILES string of the molecule is C=Cc1ccccc1C(O)C(O)CC(N)=O. The number of carbonyl (C=O) groups is 1. The molecule has 0 bridgehead atoms. The van der Waals surface area contributed by atoms with Crippen molar-refractivity contribution in [2.75, 3.05) is 0 Å². The van der Waals surface area contributed by atoms with Crippen LogP contribution < -0.4 is 5.73 Å². The molecule has 4 nitrogen and oxygen atoms in total. The minimum atomic E-state index is -1.20. The Kier molecular flexibility index (Phi) is 4.22. The number of carbonyl (C=O) groups excluding carboxylic acids is 1. The van der Waals surface area contributed by atoms with Gasteiger partial charge in [-0.05, 0) is 11.1 Å². The van der Waals surface area contributed by atoms with E-state index in [1.807, 2.05) is 0 Å². The maximum atomic E-state index is 10.6. The summed E-state index contributed by atoms with van der Waals surface area (Å²) < 4.78 is 0. The molecule has 0 saturated heterocycles. The van der Waals surface area contributed by atoms with E-state index in [2.05, 4.69) is 6.58 Å². The maximum absolute atomic E-state index is 10.6. The number of aliphatic hydroxyl groups is 2. The third-order valence-corrected chi connectivity index (χ3v) is 2.31. The predicted molar refractivity (Wildman–Crippen MR) is 61.3 cm³/mol. The Bertz CT molecular complexity index is 390. The zero-order valence-corrected chi connectivity index (χ0v) is 8.84. The first-order valence-electron chi connectivity index (χ1n) is 4.92. The van der Waals surface area contributed by atoms with Crippen molar-refractivity contribution in [3.8, 4) is 0 Å². The van der Waals surface area contributed by atoms with Gasteiger partial charge in [-0.2, -0.15) is 0 Å². The van der Waals surface area contributed by atoms with E-state index >= 15 is 0 Å². The van der Waals surface area contributed by atoms with Gasteiger partial charge in [0.15, 0.2) is 0 Å². The number of primary amides is 1. The molecule has 86 valence electrons. The third kappa shape index (κ3) is 2.92. The van der Waals surface area contributed by atoms with Crippen molar-refractivity contribution in [1.29, 1.82) is 0 Å². The predicted octanol–water partition coefficient (Wildman–Crippen LogP) is 0.599. The molecule has 0 aromatic heterocycles. The summed E-state index contributed by atoms with van der Waals surface area (Å²) in [7, 11) is 0. The molecule has 1 rings (SSSR count). The lowest BCUT2D eigenvalue weighted by molar-refractivity contribution is -0.121. The normalized spacial score (nSPS) is 14.1. The lowest BCUT2D eigenvalue weighted by Gasteiger charge is -2.18. The number of nitrogens with two attached hydrogens (primary N) is 1. The van der Waals surface area contributed by atoms with Crippen molar-refractivity contribution in [3.05, 3.63) is 42.0 Å². The summed E-state index contributed by atoms with van der Waals surface area (Å²) in [5.41, 5.74) is 6.20. The molecule has 0 aliphatic rings. The van der Waals surface area contributed by atoms with E-state index in [0.29, 0.717) is 5.56 Å². The lowest BCUT2D eigenvalue weighted by atomic mass is 9.97. The molecule has 1 amide bonds. The average Bonchev–Trinajstić information content (AvgIpc) is 2.27. The molecule has 2 unspecified atom stereocenters. The highest BCUT2D eigenvalue weighted by atomic mass is 16.3. The molecule has 0 fully saturated rings. The number of benzene rings is 1. The van der Waals surface area contributed by atoms with Crippen molar-refractivity contribution in [2.45, 2.75) is 18.6 Å². The largest absolute Gasteiger partial charge is 0.390 e. The molecule has 4 heteroatoms. The third-order valence-electron chi connectivity index (χ3n) is 2.31. The molecule has 4 N–H and O–H groups in total. The minimum Gasteiger partial charge on any atom is -0.390 e. The number of hydrogen-bond acceptors (Lipinski definition) is 3. The lowest BCUT2D eigenvalue weighted by Crippen LogP contribution is -2.26. The van der Waals surface area contributed by atoms with Crippen LogP contribution in [0.4, 0.5) is 0 Å². The summed E-state index contributed by atoms with van der Waals surface area (Å²) in [6, 6.07) is 6.98. The monoisotopic (exact) mass is 221 g/mol. The topological polar surface area (TPSA) is 83.6 Å². The fraction of sp³-hybridized carbons (Fsp3) is 0.250. The Hall–Kier alpha value is -1.65. The standard InChI is InChI=1S/C12H15NO3/c1-2-8-5-3-4-6-9(8)12(16)10(14)7-11(13)15/h2-6,10,12,14,16H,1,7H2,(H2,13,15). The molecular formula is C12H15NO3. The Morgan fingerprint density at radius 3 is 2.62 bits per heavy atom. The Balaban J connectivity index is 2.90. The van der Waals surface area contributed by atoms with Crippen LogP contribution in [0.5, 0.6) is 0 Å². The summed E-state index contributed by atoms with van der Waals surface area (Å²) >= 11 is 0. The van der Waals surface area contributed by atoms with Crippen LogP contribution in [0.3, 0.4) is 0 Å². The van der Waals surface area contributed by atoms with Crippen LogP contribution in [0, 0.1) is 0 Å². The van der Waals surface area contributed by atoms with Gasteiger partial charge in [0.2, 0.25) is 5.91 Å². The Morgan fingerprint density at radius 2 is 2.06 bits per heavy atom. The molecule has 1 aromatic carbocycles. The molecule has 0 heterocycles. The molecule has 0 spiro atoms. The summed E-state index contributed by atoms with van der Waals surface area (Å²) in [5, 5.41) is 19.4. The van der Waals surface area contributed by atoms with Gasteiger partial charge in [0.05, 0.1) is 12.5 Å². The van der Waals surface area contributed by atoms with Crippen LogP contribution in [-0.2, 0) is 4.79 Å². The highest BCUT2D eigenvalue weighted by Gasteiger charge is 2.21. The highest BCUT2D eigenvalue weighted by molar-refractivity contribution is 5.74. The van der Waals surface area contributed by atoms with E-state index in [9.17, 15) is 15.0 Å². The summed E-state index contributed by atoms with van der Waals surface area (Å²) in [6.07, 6.45) is -1.03. The maximum Gasteiger partial charge on any atom is 0.220 e. The van der Waals surface area contributed by atoms with Crippen molar-refractivity contribution < 1.29 is 15.0 Å². The van der Waals surface area contributed by atoms with Gasteiger partial charge in [0.25, 0.3) is 0 Å². The van der Waals surface area contributed by atoms with E-state index < -0.39 is 18.1 Å². The van der Waals surface area contributed by atoms with Crippen LogP contribution in [0.2, 0.25) is 0 Å². The van der Waals surface area contributed by atoms with Gasteiger partial charge in [0.1, 0.15) is 6.10 Å². The van der Waals surface area contributed by atoms with E-state index in [0.717, 1.165) is 5.56 Å². The summed E-state index contributed by atoms with van der Waals surface area (Å²) in [5.74, 6) is -0.650. The van der Waals surface area contributed by atoms with Gasteiger partial charge < -0.3 is 15.9 Å². The van der Waals surface area contributed by atoms with E-state index in [1.54, 1.807) is 30.3 Å². The first-order valence-corrected chi connectivity index (χ1v) is 4.92. The highest BCUT2D eigenvalue weighted by Crippen LogP contribution is 2.23. The van der Waals surface area contributed by atoms with Crippen LogP contribution in [0.25, 0.3) is 6.08 Å². The van der Waals surface area contributed by atoms with Crippen molar-refractivity contribution in [2.24, 2.45) is 5.73 Å². The Morgan fingerprint density at radius 1 is 1.44 bits per heavy atom. The summed E-state index contributed by atoms with van der Waals surface area (Å²) in [4.78, 5) is 10.6. The number of amides is 1. The molecule has 0 saturated carbocycles. The van der Waals surface area contributed by atoms with Crippen LogP contribution in [0.1, 0.15) is 23.7 Å². The fourth-order valence-corrected chi connectivity index (χ4v) is 1.49. The first-order chi connectivity index (χ1) is 7.56. The molecule has 0 radical (unpaired) electrons. The smallest absolute Gasteiger partial charge is 0.220 e. The Labute approximate surface area is 94.0 Å². The second-order valence-corrected chi connectivity index (χ2v) is 3.52. The fourth-order valence-electron chi connectivity index (χ4n) is 1.49. The minimum absolute atomic E-state index is 0.271. The molecule has 16 heavy (non-hydrogen) atoms. The molecule has 2 atom stereocenters. The number of hydrogen-bond donors (Lipinski definition) is 3. The van der Waals surface area contributed by atoms with Crippen LogP contribution >= 0.6 is 0 Å². The second-order valence-electron chi connectivity index (χ2n) is 3.52. The number of aliphatic hydroxyl groups excluding tert-OH is 2. The van der Waals surface area contributed by atoms with E-state index in [4.69, 9.17) is 5.73 Å². The first kappa shape index (κ1) is 12.4. The molecular weight excluding hydrogens is 206 g/mol. The molecule has 0 aliphatic carbocycles. The van der Waals surface area contributed by atoms with E-state index in [1.165, 1.54) is 0 Å². The van der Waals surface area contributed by atoms with Crippen LogP contribution in [-0.4, -0.2) is 22.2 Å². The quantitative estimate of drug-likeness (QED) is 0.680. The van der Waals surface area contributed by atoms with Gasteiger partial charge in [-0.1, -0.05) is 36.9 Å². The van der Waals surface area contributed by atoms with Crippen molar-refractivity contribution >= 4 is 12.0 Å². The zero-order valence-electron chi connectivity index (χ0n) is 8.84. The van der Waals surface area contributed by atoms with Gasteiger partial charge in [-0.25, -0.2) is 0 Å². The van der Waals surface area contributed by atoms with Crippen LogP contribution in [0.15, 0.2) is 30.8 Å². The van der Waals surface area contributed by atoms with Gasteiger partial charge in [-0.15, -0.1) is 0 Å².